The molecule has 4 rings (SSSR count). The van der Waals surface area contributed by atoms with Gasteiger partial charge in [-0.2, -0.15) is 17.9 Å². The Bertz CT molecular complexity index is 1220. The van der Waals surface area contributed by atoms with Crippen molar-refractivity contribution in [3.8, 4) is 11.5 Å². The van der Waals surface area contributed by atoms with Crippen molar-refractivity contribution in [2.24, 2.45) is 5.10 Å². The summed E-state index contributed by atoms with van der Waals surface area (Å²) in [5.74, 6) is 1.19. The Labute approximate surface area is 182 Å². The Morgan fingerprint density at radius 1 is 0.935 bits per heavy atom. The summed E-state index contributed by atoms with van der Waals surface area (Å²) in [7, 11) is -0.748. The van der Waals surface area contributed by atoms with Gasteiger partial charge < -0.3 is 9.47 Å². The fourth-order valence-corrected chi connectivity index (χ4v) is 5.44. The molecule has 0 aliphatic carbocycles. The SMILES string of the molecule is COc1ccc([C@H]2CC(c3ccccc3)=NN2S(=O)(=O)c2ccccc2C)c(OC)c1. The molecule has 0 saturated heterocycles. The molecule has 0 spiro atoms. The molecule has 31 heavy (non-hydrogen) atoms. The van der Waals surface area contributed by atoms with Crippen LogP contribution < -0.4 is 9.47 Å². The number of aryl methyl sites for hydroxylation is 1. The van der Waals surface area contributed by atoms with Crippen molar-refractivity contribution in [1.29, 1.82) is 0 Å². The maximum atomic E-state index is 13.7. The van der Waals surface area contributed by atoms with Gasteiger partial charge in [-0.15, -0.1) is 0 Å². The van der Waals surface area contributed by atoms with Gasteiger partial charge in [-0.3, -0.25) is 0 Å². The molecule has 3 aromatic rings. The Balaban J connectivity index is 1.86. The van der Waals surface area contributed by atoms with Gasteiger partial charge in [-0.05, 0) is 36.2 Å². The van der Waals surface area contributed by atoms with Crippen LogP contribution in [0.4, 0.5) is 0 Å². The number of rotatable bonds is 6. The second-order valence-electron chi connectivity index (χ2n) is 7.28. The van der Waals surface area contributed by atoms with Crippen molar-refractivity contribution in [3.63, 3.8) is 0 Å². The van der Waals surface area contributed by atoms with Crippen LogP contribution in [-0.2, 0) is 10.0 Å². The number of methoxy groups -OCH3 is 2. The van der Waals surface area contributed by atoms with E-state index in [9.17, 15) is 8.42 Å². The highest BCUT2D eigenvalue weighted by atomic mass is 32.2. The van der Waals surface area contributed by atoms with Gasteiger partial charge in [0, 0.05) is 18.1 Å². The lowest BCUT2D eigenvalue weighted by atomic mass is 9.98. The van der Waals surface area contributed by atoms with Gasteiger partial charge in [0.1, 0.15) is 11.5 Å². The topological polar surface area (TPSA) is 68.2 Å². The number of ether oxygens (including phenoxy) is 2. The van der Waals surface area contributed by atoms with Crippen molar-refractivity contribution < 1.29 is 17.9 Å². The van der Waals surface area contributed by atoms with Crippen molar-refractivity contribution in [2.75, 3.05) is 14.2 Å². The second-order valence-corrected chi connectivity index (χ2v) is 9.05. The number of hydrogen-bond acceptors (Lipinski definition) is 5. The van der Waals surface area contributed by atoms with E-state index in [4.69, 9.17) is 9.47 Å². The first kappa shape index (κ1) is 20.9. The highest BCUT2D eigenvalue weighted by molar-refractivity contribution is 7.89. The molecule has 0 aromatic heterocycles. The van der Waals surface area contributed by atoms with Gasteiger partial charge in [-0.25, -0.2) is 0 Å². The van der Waals surface area contributed by atoms with Gasteiger partial charge >= 0.3 is 0 Å². The van der Waals surface area contributed by atoms with Crippen molar-refractivity contribution in [2.45, 2.75) is 24.3 Å². The first-order chi connectivity index (χ1) is 15.0. The molecule has 0 amide bonds. The van der Waals surface area contributed by atoms with Crippen molar-refractivity contribution >= 4 is 15.7 Å². The summed E-state index contributed by atoms with van der Waals surface area (Å²) in [6.07, 6.45) is 0.428. The normalized spacial score (nSPS) is 16.2. The zero-order valence-corrected chi connectivity index (χ0v) is 18.5. The second kappa shape index (κ2) is 8.43. The summed E-state index contributed by atoms with van der Waals surface area (Å²) < 4.78 is 39.5. The van der Waals surface area contributed by atoms with Crippen molar-refractivity contribution in [3.05, 3.63) is 89.5 Å². The van der Waals surface area contributed by atoms with Crippen LogP contribution in [0.5, 0.6) is 11.5 Å². The number of hydrogen-bond donors (Lipinski definition) is 0. The number of nitrogens with zero attached hydrogens (tertiary/aromatic N) is 2. The largest absolute Gasteiger partial charge is 0.497 e. The lowest BCUT2D eigenvalue weighted by Crippen LogP contribution is -2.28. The molecule has 1 aliphatic heterocycles. The maximum absolute atomic E-state index is 13.7. The molecule has 0 saturated carbocycles. The maximum Gasteiger partial charge on any atom is 0.279 e. The first-order valence-corrected chi connectivity index (χ1v) is 11.3. The third-order valence-corrected chi connectivity index (χ3v) is 7.24. The minimum absolute atomic E-state index is 0.241. The van der Waals surface area contributed by atoms with Crippen LogP contribution in [-0.4, -0.2) is 32.8 Å². The molecule has 7 heteroatoms. The van der Waals surface area contributed by atoms with Gasteiger partial charge in [0.25, 0.3) is 10.0 Å². The summed E-state index contributed by atoms with van der Waals surface area (Å²) in [6, 6.07) is 21.4. The molecule has 3 aromatic carbocycles. The Morgan fingerprint density at radius 3 is 2.32 bits per heavy atom. The van der Waals surface area contributed by atoms with E-state index in [1.54, 1.807) is 51.5 Å². The summed E-state index contributed by atoms with van der Waals surface area (Å²) in [5, 5.41) is 4.60. The van der Waals surface area contributed by atoms with Crippen LogP contribution in [0.3, 0.4) is 0 Å². The average Bonchev–Trinajstić information content (AvgIpc) is 3.25. The molecule has 1 aliphatic rings. The van der Waals surface area contributed by atoms with E-state index in [1.807, 2.05) is 42.5 Å². The van der Waals surface area contributed by atoms with Crippen LogP contribution in [0.15, 0.2) is 82.8 Å². The minimum Gasteiger partial charge on any atom is -0.497 e. The van der Waals surface area contributed by atoms with Crippen molar-refractivity contribution in [1.82, 2.24) is 4.41 Å². The zero-order valence-electron chi connectivity index (χ0n) is 17.6. The van der Waals surface area contributed by atoms with E-state index >= 15 is 0 Å². The third-order valence-electron chi connectivity index (χ3n) is 5.40. The fourth-order valence-electron chi connectivity index (χ4n) is 3.79. The van der Waals surface area contributed by atoms with Crippen LogP contribution in [0.25, 0.3) is 0 Å². The average molecular weight is 437 g/mol. The summed E-state index contributed by atoms with van der Waals surface area (Å²) in [4.78, 5) is 0.241. The quantitative estimate of drug-likeness (QED) is 0.568. The van der Waals surface area contributed by atoms with Crippen LogP contribution >= 0.6 is 0 Å². The van der Waals surface area contributed by atoms with E-state index in [2.05, 4.69) is 5.10 Å². The molecule has 0 bridgehead atoms. The van der Waals surface area contributed by atoms with E-state index < -0.39 is 16.1 Å². The zero-order chi connectivity index (χ0) is 22.0. The van der Waals surface area contributed by atoms with E-state index in [0.29, 0.717) is 29.2 Å². The molecule has 160 valence electrons. The molecule has 0 unspecified atom stereocenters. The Hall–Kier alpha value is -3.32. The standard InChI is InChI=1S/C24H24N2O4S/c1-17-9-7-8-12-24(17)31(27,28)26-22(16-21(25-26)18-10-5-4-6-11-18)20-14-13-19(29-2)15-23(20)30-3/h4-15,22H,16H2,1-3H3/t22-/m1/s1. The number of sulfonamides is 1. The highest BCUT2D eigenvalue weighted by Gasteiger charge is 2.39. The smallest absolute Gasteiger partial charge is 0.279 e. The van der Waals surface area contributed by atoms with Crippen LogP contribution in [0, 0.1) is 6.92 Å². The summed E-state index contributed by atoms with van der Waals surface area (Å²) in [6.45, 7) is 1.79. The fraction of sp³-hybridized carbons (Fsp3) is 0.208. The molecular formula is C24H24N2O4S. The third kappa shape index (κ3) is 3.88. The van der Waals surface area contributed by atoms with E-state index in [-0.39, 0.29) is 4.90 Å². The predicted octanol–water partition coefficient (Wildman–Crippen LogP) is 4.55. The summed E-state index contributed by atoms with van der Waals surface area (Å²) in [5.41, 5.74) is 3.00. The van der Waals surface area contributed by atoms with Crippen LogP contribution in [0.1, 0.15) is 29.2 Å². The van der Waals surface area contributed by atoms with E-state index in [0.717, 1.165) is 11.1 Å². The Morgan fingerprint density at radius 2 is 1.65 bits per heavy atom. The van der Waals surface area contributed by atoms with Crippen LogP contribution in [0.2, 0.25) is 0 Å². The molecule has 6 nitrogen and oxygen atoms in total. The monoisotopic (exact) mass is 436 g/mol. The molecular weight excluding hydrogens is 412 g/mol. The van der Waals surface area contributed by atoms with E-state index in [1.165, 1.54) is 4.41 Å². The molecule has 0 N–H and O–H groups in total. The lowest BCUT2D eigenvalue weighted by molar-refractivity contribution is 0.346. The first-order valence-electron chi connectivity index (χ1n) is 9.90. The minimum atomic E-state index is -3.89. The lowest BCUT2D eigenvalue weighted by Gasteiger charge is -2.25. The van der Waals surface area contributed by atoms with Gasteiger partial charge in [0.2, 0.25) is 0 Å². The molecule has 0 radical (unpaired) electrons. The van der Waals surface area contributed by atoms with Gasteiger partial charge in [0.05, 0.1) is 30.9 Å². The highest BCUT2D eigenvalue weighted by Crippen LogP contribution is 2.42. The number of benzene rings is 3. The molecule has 1 atom stereocenters. The van der Waals surface area contributed by atoms with Gasteiger partial charge in [-0.1, -0.05) is 48.5 Å². The molecule has 0 fully saturated rings. The number of hydrazone groups is 1. The summed E-state index contributed by atoms with van der Waals surface area (Å²) >= 11 is 0. The predicted molar refractivity (Wildman–Crippen MR) is 120 cm³/mol. The van der Waals surface area contributed by atoms with Gasteiger partial charge in [0.15, 0.2) is 0 Å². The molecule has 1 heterocycles. The Kier molecular flexibility index (Phi) is 5.69.